The van der Waals surface area contributed by atoms with Gasteiger partial charge >= 0.3 is 6.18 Å². The van der Waals surface area contributed by atoms with E-state index in [9.17, 15) is 40.5 Å². The lowest BCUT2D eigenvalue weighted by Crippen LogP contribution is -2.49. The highest BCUT2D eigenvalue weighted by Gasteiger charge is 2.36. The SMILES string of the molecule is O=[N+]([O-])c1cc(C(F)(F)F)ccc1N1CCN(S(=O)(=O)c2c(F)cccc2F)CC1. The quantitative estimate of drug-likeness (QED) is 0.404. The standard InChI is InChI=1S/C17H14F5N3O4S/c18-12-2-1-3-13(19)16(12)30(28,29)24-8-6-23(7-9-24)14-5-4-11(17(20,21)22)10-15(14)25(26)27/h1-5,10H,6-9H2. The summed E-state index contributed by atoms with van der Waals surface area (Å²) in [6.45, 7) is -0.786. The molecule has 2 aromatic rings. The predicted molar refractivity (Wildman–Crippen MR) is 95.4 cm³/mol. The first-order valence-electron chi connectivity index (χ1n) is 8.47. The lowest BCUT2D eigenvalue weighted by atomic mass is 10.1. The van der Waals surface area contributed by atoms with Gasteiger partial charge in [0.2, 0.25) is 10.0 Å². The topological polar surface area (TPSA) is 83.8 Å². The zero-order valence-corrected chi connectivity index (χ0v) is 15.9. The van der Waals surface area contributed by atoms with Crippen LogP contribution in [0.2, 0.25) is 0 Å². The molecule has 0 aliphatic carbocycles. The molecular weight excluding hydrogens is 437 g/mol. The molecule has 1 aliphatic rings. The van der Waals surface area contributed by atoms with Crippen molar-refractivity contribution in [2.75, 3.05) is 31.1 Å². The molecule has 0 saturated carbocycles. The number of nitrogens with zero attached hydrogens (tertiary/aromatic N) is 3. The first kappa shape index (κ1) is 21.9. The fourth-order valence-electron chi connectivity index (χ4n) is 3.14. The molecule has 7 nitrogen and oxygen atoms in total. The number of rotatable bonds is 4. The first-order valence-corrected chi connectivity index (χ1v) is 9.91. The van der Waals surface area contributed by atoms with E-state index in [-0.39, 0.29) is 31.9 Å². The fourth-order valence-corrected chi connectivity index (χ4v) is 4.67. The van der Waals surface area contributed by atoms with Crippen molar-refractivity contribution in [2.45, 2.75) is 11.1 Å². The third-order valence-corrected chi connectivity index (χ3v) is 6.55. The number of nitro groups is 1. The molecule has 0 bridgehead atoms. The van der Waals surface area contributed by atoms with Crippen LogP contribution in [0, 0.1) is 21.7 Å². The van der Waals surface area contributed by atoms with Crippen molar-refractivity contribution in [3.8, 4) is 0 Å². The summed E-state index contributed by atoms with van der Waals surface area (Å²) in [5.74, 6) is -2.51. The van der Waals surface area contributed by atoms with Gasteiger partial charge in [-0.1, -0.05) is 6.07 Å². The molecule has 2 aromatic carbocycles. The van der Waals surface area contributed by atoms with Gasteiger partial charge in [0.25, 0.3) is 5.69 Å². The maximum atomic E-state index is 13.9. The summed E-state index contributed by atoms with van der Waals surface area (Å²) in [4.78, 5) is 10.5. The summed E-state index contributed by atoms with van der Waals surface area (Å²) in [6.07, 6.45) is -4.76. The predicted octanol–water partition coefficient (Wildman–Crippen LogP) is 3.40. The van der Waals surface area contributed by atoms with Crippen LogP contribution in [0.3, 0.4) is 0 Å². The number of benzene rings is 2. The minimum absolute atomic E-state index is 0.109. The van der Waals surface area contributed by atoms with Gasteiger partial charge in [-0.15, -0.1) is 0 Å². The van der Waals surface area contributed by atoms with E-state index in [1.165, 1.54) is 4.90 Å². The summed E-state index contributed by atoms with van der Waals surface area (Å²) in [5, 5.41) is 11.2. The molecule has 162 valence electrons. The van der Waals surface area contributed by atoms with E-state index in [4.69, 9.17) is 0 Å². The van der Waals surface area contributed by atoms with Gasteiger partial charge in [-0.05, 0) is 24.3 Å². The van der Waals surface area contributed by atoms with Crippen LogP contribution in [0.1, 0.15) is 5.56 Å². The lowest BCUT2D eigenvalue weighted by molar-refractivity contribution is -0.384. The molecule has 13 heteroatoms. The van der Waals surface area contributed by atoms with E-state index < -0.39 is 48.9 Å². The van der Waals surface area contributed by atoms with E-state index in [0.717, 1.165) is 28.6 Å². The Morgan fingerprint density at radius 3 is 2.03 bits per heavy atom. The average molecular weight is 451 g/mol. The molecule has 0 N–H and O–H groups in total. The van der Waals surface area contributed by atoms with Crippen molar-refractivity contribution in [3.05, 3.63) is 63.7 Å². The summed E-state index contributed by atoms with van der Waals surface area (Å²) >= 11 is 0. The van der Waals surface area contributed by atoms with Gasteiger partial charge in [0.05, 0.1) is 10.5 Å². The Hall–Kier alpha value is -2.80. The molecule has 3 rings (SSSR count). The van der Waals surface area contributed by atoms with Crippen molar-refractivity contribution >= 4 is 21.4 Å². The molecule has 0 spiro atoms. The molecule has 0 amide bonds. The van der Waals surface area contributed by atoms with Crippen LogP contribution in [-0.4, -0.2) is 43.8 Å². The number of hydrogen-bond acceptors (Lipinski definition) is 5. The number of nitro benzene ring substituents is 1. The Labute approximate surface area is 167 Å². The van der Waals surface area contributed by atoms with Gasteiger partial charge in [0.15, 0.2) is 4.90 Å². The second kappa shape index (κ2) is 7.80. The Balaban J connectivity index is 1.85. The molecule has 1 fully saturated rings. The van der Waals surface area contributed by atoms with Crippen LogP contribution in [0.25, 0.3) is 0 Å². The molecule has 0 unspecified atom stereocenters. The normalized spacial score (nSPS) is 16.0. The highest BCUT2D eigenvalue weighted by Crippen LogP contribution is 2.37. The Morgan fingerprint density at radius 1 is 0.967 bits per heavy atom. The average Bonchev–Trinajstić information content (AvgIpc) is 2.66. The smallest absolute Gasteiger partial charge is 0.363 e. The first-order chi connectivity index (χ1) is 13.9. The van der Waals surface area contributed by atoms with Crippen LogP contribution in [0.4, 0.5) is 33.3 Å². The lowest BCUT2D eigenvalue weighted by Gasteiger charge is -2.35. The van der Waals surface area contributed by atoms with Crippen LogP contribution in [0.5, 0.6) is 0 Å². The molecule has 0 radical (unpaired) electrons. The third-order valence-electron chi connectivity index (χ3n) is 4.60. The fraction of sp³-hybridized carbons (Fsp3) is 0.294. The number of hydrogen-bond donors (Lipinski definition) is 0. The van der Waals surface area contributed by atoms with E-state index in [1.807, 2.05) is 0 Å². The van der Waals surface area contributed by atoms with Crippen LogP contribution >= 0.6 is 0 Å². The van der Waals surface area contributed by atoms with Crippen LogP contribution in [-0.2, 0) is 16.2 Å². The minimum Gasteiger partial charge on any atom is -0.363 e. The third kappa shape index (κ3) is 4.07. The molecule has 0 atom stereocenters. The molecule has 0 aromatic heterocycles. The van der Waals surface area contributed by atoms with Gasteiger partial charge in [0, 0.05) is 32.2 Å². The summed E-state index contributed by atoms with van der Waals surface area (Å²) in [7, 11) is -4.51. The highest BCUT2D eigenvalue weighted by molar-refractivity contribution is 7.89. The van der Waals surface area contributed by atoms with E-state index in [2.05, 4.69) is 0 Å². The summed E-state index contributed by atoms with van der Waals surface area (Å²) in [6, 6.07) is 4.68. The molecule has 1 heterocycles. The number of sulfonamides is 1. The van der Waals surface area contributed by atoms with Gasteiger partial charge in [0.1, 0.15) is 17.3 Å². The van der Waals surface area contributed by atoms with Crippen molar-refractivity contribution in [1.29, 1.82) is 0 Å². The molecule has 1 saturated heterocycles. The van der Waals surface area contributed by atoms with Crippen molar-refractivity contribution in [3.63, 3.8) is 0 Å². The summed E-state index contributed by atoms with van der Waals surface area (Å²) in [5.41, 5.74) is -2.07. The number of halogens is 5. The van der Waals surface area contributed by atoms with Crippen LogP contribution < -0.4 is 4.90 Å². The molecular formula is C17H14F5N3O4S. The maximum Gasteiger partial charge on any atom is 0.416 e. The zero-order chi connectivity index (χ0) is 22.3. The van der Waals surface area contributed by atoms with Crippen molar-refractivity contribution in [2.24, 2.45) is 0 Å². The Kier molecular flexibility index (Phi) is 5.69. The maximum absolute atomic E-state index is 13.9. The van der Waals surface area contributed by atoms with Crippen molar-refractivity contribution < 1.29 is 35.3 Å². The largest absolute Gasteiger partial charge is 0.416 e. The van der Waals surface area contributed by atoms with Gasteiger partial charge in [-0.2, -0.15) is 17.5 Å². The number of piperazine rings is 1. The zero-order valence-electron chi connectivity index (χ0n) is 15.1. The van der Waals surface area contributed by atoms with Crippen molar-refractivity contribution in [1.82, 2.24) is 4.31 Å². The second-order valence-electron chi connectivity index (χ2n) is 6.40. The number of anilines is 1. The second-order valence-corrected chi connectivity index (χ2v) is 8.28. The Morgan fingerprint density at radius 2 is 1.53 bits per heavy atom. The number of alkyl halides is 3. The monoisotopic (exact) mass is 451 g/mol. The molecule has 30 heavy (non-hydrogen) atoms. The van der Waals surface area contributed by atoms with E-state index >= 15 is 0 Å². The molecule has 1 aliphatic heterocycles. The van der Waals surface area contributed by atoms with Gasteiger partial charge in [-0.25, -0.2) is 17.2 Å². The van der Waals surface area contributed by atoms with E-state index in [1.54, 1.807) is 0 Å². The van der Waals surface area contributed by atoms with Gasteiger partial charge < -0.3 is 4.90 Å². The van der Waals surface area contributed by atoms with Crippen LogP contribution in [0.15, 0.2) is 41.3 Å². The highest BCUT2D eigenvalue weighted by atomic mass is 32.2. The van der Waals surface area contributed by atoms with E-state index in [0.29, 0.717) is 12.1 Å². The van der Waals surface area contributed by atoms with Gasteiger partial charge in [-0.3, -0.25) is 10.1 Å². The summed E-state index contributed by atoms with van der Waals surface area (Å²) < 4.78 is 92.3. The minimum atomic E-state index is -4.76. The Bertz CT molecular complexity index is 1060.